The minimum absolute atomic E-state index is 0.114. The third-order valence-corrected chi connectivity index (χ3v) is 6.22. The molecule has 9 nitrogen and oxygen atoms in total. The summed E-state index contributed by atoms with van der Waals surface area (Å²) in [6, 6.07) is 9.12. The van der Waals surface area contributed by atoms with Gasteiger partial charge in [-0.05, 0) is 59.6 Å². The zero-order valence-corrected chi connectivity index (χ0v) is 20.4. The summed E-state index contributed by atoms with van der Waals surface area (Å²) in [6.45, 7) is 6.29. The second-order valence-electron chi connectivity index (χ2n) is 9.52. The minimum Gasteiger partial charge on any atom is -0.490 e. The summed E-state index contributed by atoms with van der Waals surface area (Å²) in [7, 11) is 2.72. The summed E-state index contributed by atoms with van der Waals surface area (Å²) in [6.07, 6.45) is 4.39. The molecule has 0 aromatic heterocycles. The summed E-state index contributed by atoms with van der Waals surface area (Å²) < 4.78 is 10.1. The number of nitrogens with zero attached hydrogens (tertiary/aromatic N) is 2. The lowest BCUT2D eigenvalue weighted by Crippen LogP contribution is -2.29. The molecule has 0 unspecified atom stereocenters. The van der Waals surface area contributed by atoms with E-state index in [9.17, 15) is 25.0 Å². The normalized spacial score (nSPS) is 18.5. The number of rotatable bonds is 6. The van der Waals surface area contributed by atoms with E-state index >= 15 is 0 Å². The third-order valence-electron chi connectivity index (χ3n) is 6.22. The number of carbonyl (C=O) groups excluding carboxylic acids is 1. The van der Waals surface area contributed by atoms with Gasteiger partial charge in [0.1, 0.15) is 0 Å². The van der Waals surface area contributed by atoms with Crippen LogP contribution in [0.5, 0.6) is 11.5 Å². The van der Waals surface area contributed by atoms with Crippen LogP contribution in [0, 0.1) is 31.6 Å². The van der Waals surface area contributed by atoms with E-state index in [1.807, 2.05) is 0 Å². The van der Waals surface area contributed by atoms with E-state index in [0.717, 1.165) is 0 Å². The van der Waals surface area contributed by atoms with Crippen LogP contribution in [-0.2, 0) is 4.79 Å². The number of nitro benzene ring substituents is 2. The molecule has 0 heterocycles. The fraction of sp³-hybridized carbons (Fsp3) is 0.346. The van der Waals surface area contributed by atoms with E-state index in [1.165, 1.54) is 38.5 Å². The number of carbonyl (C=O) groups is 1. The summed E-state index contributed by atoms with van der Waals surface area (Å²) >= 11 is 0. The highest BCUT2D eigenvalue weighted by Crippen LogP contribution is 2.42. The number of hydrogen-bond acceptors (Lipinski definition) is 7. The average Bonchev–Trinajstić information content (AvgIpc) is 2.80. The molecule has 0 amide bonds. The summed E-state index contributed by atoms with van der Waals surface area (Å²) in [5.41, 5.74) is 1.63. The molecule has 0 saturated heterocycles. The maximum atomic E-state index is 13.4. The van der Waals surface area contributed by atoms with Crippen molar-refractivity contribution in [1.82, 2.24) is 0 Å². The van der Waals surface area contributed by atoms with Crippen molar-refractivity contribution in [3.05, 3.63) is 78.9 Å². The predicted octanol–water partition coefficient (Wildman–Crippen LogP) is 6.01. The van der Waals surface area contributed by atoms with Gasteiger partial charge in [-0.1, -0.05) is 32.9 Å². The van der Waals surface area contributed by atoms with Gasteiger partial charge in [-0.25, -0.2) is 0 Å². The number of methoxy groups -OCH3 is 2. The molecule has 1 aliphatic carbocycles. The monoisotopic (exact) mass is 480 g/mol. The first kappa shape index (κ1) is 25.6. The van der Waals surface area contributed by atoms with Crippen molar-refractivity contribution in [2.24, 2.45) is 11.3 Å². The van der Waals surface area contributed by atoms with E-state index in [2.05, 4.69) is 20.8 Å². The van der Waals surface area contributed by atoms with Crippen LogP contribution < -0.4 is 9.47 Å². The first-order valence-corrected chi connectivity index (χ1v) is 11.0. The van der Waals surface area contributed by atoms with Crippen LogP contribution in [0.3, 0.4) is 0 Å². The van der Waals surface area contributed by atoms with Crippen LogP contribution >= 0.6 is 0 Å². The fourth-order valence-corrected chi connectivity index (χ4v) is 4.14. The Morgan fingerprint density at radius 1 is 0.829 bits per heavy atom. The van der Waals surface area contributed by atoms with E-state index in [4.69, 9.17) is 9.47 Å². The van der Waals surface area contributed by atoms with Crippen LogP contribution in [0.15, 0.2) is 47.5 Å². The molecule has 1 saturated carbocycles. The average molecular weight is 481 g/mol. The number of Topliss-reactive ketones (excluding diaryl/α,β-unsaturated/α-hetero) is 1. The predicted molar refractivity (Wildman–Crippen MR) is 132 cm³/mol. The lowest BCUT2D eigenvalue weighted by atomic mass is 9.68. The Morgan fingerprint density at radius 2 is 1.23 bits per heavy atom. The van der Waals surface area contributed by atoms with Gasteiger partial charge in [0.15, 0.2) is 17.3 Å². The molecule has 0 N–H and O–H groups in total. The number of hydrogen-bond donors (Lipinski definition) is 0. The Bertz CT molecular complexity index is 1150. The van der Waals surface area contributed by atoms with Gasteiger partial charge in [0.05, 0.1) is 24.1 Å². The Balaban J connectivity index is 2.08. The quantitative estimate of drug-likeness (QED) is 0.282. The van der Waals surface area contributed by atoms with Crippen molar-refractivity contribution in [1.29, 1.82) is 0 Å². The van der Waals surface area contributed by atoms with Crippen LogP contribution in [0.25, 0.3) is 12.2 Å². The number of nitro groups is 2. The van der Waals surface area contributed by atoms with E-state index in [1.54, 1.807) is 24.3 Å². The third kappa shape index (κ3) is 5.74. The van der Waals surface area contributed by atoms with Gasteiger partial charge in [-0.3, -0.25) is 25.0 Å². The number of ketones is 1. The second-order valence-corrected chi connectivity index (χ2v) is 9.52. The maximum absolute atomic E-state index is 13.4. The number of allylic oxidation sites excluding steroid dienone is 2. The zero-order valence-electron chi connectivity index (χ0n) is 20.4. The molecule has 1 aliphatic rings. The fourth-order valence-electron chi connectivity index (χ4n) is 4.14. The Hall–Kier alpha value is -4.01. The lowest BCUT2D eigenvalue weighted by Gasteiger charge is -2.35. The van der Waals surface area contributed by atoms with Gasteiger partial charge in [-0.2, -0.15) is 0 Å². The smallest absolute Gasteiger partial charge is 0.311 e. The molecular weight excluding hydrogens is 452 g/mol. The van der Waals surface area contributed by atoms with E-state index < -0.39 is 9.85 Å². The van der Waals surface area contributed by atoms with E-state index in [-0.39, 0.29) is 40.0 Å². The number of ether oxygens (including phenoxy) is 2. The van der Waals surface area contributed by atoms with Gasteiger partial charge in [0, 0.05) is 23.3 Å². The maximum Gasteiger partial charge on any atom is 0.311 e. The van der Waals surface area contributed by atoms with Crippen molar-refractivity contribution >= 4 is 29.3 Å². The molecule has 1 fully saturated rings. The first-order valence-electron chi connectivity index (χ1n) is 11.0. The van der Waals surface area contributed by atoms with Crippen LogP contribution in [0.2, 0.25) is 0 Å². The van der Waals surface area contributed by atoms with Crippen LogP contribution in [0.4, 0.5) is 11.4 Å². The first-order chi connectivity index (χ1) is 16.4. The molecule has 0 atom stereocenters. The molecule has 0 radical (unpaired) electrons. The molecule has 9 heteroatoms. The molecule has 35 heavy (non-hydrogen) atoms. The van der Waals surface area contributed by atoms with Gasteiger partial charge in [0.25, 0.3) is 0 Å². The molecule has 3 rings (SSSR count). The Morgan fingerprint density at radius 3 is 1.54 bits per heavy atom. The SMILES string of the molecule is COc1ccc(/C=C2\CC(C(C)(C)C)C/C(=C\c3ccc(OC)c([N+](=O)[O-])c3)C2=O)cc1[N+](=O)[O-]. The highest BCUT2D eigenvalue weighted by molar-refractivity contribution is 6.14. The summed E-state index contributed by atoms with van der Waals surface area (Å²) in [4.78, 5) is 35.2. The van der Waals surface area contributed by atoms with E-state index in [0.29, 0.717) is 35.1 Å². The van der Waals surface area contributed by atoms with Crippen molar-refractivity contribution in [3.8, 4) is 11.5 Å². The molecule has 184 valence electrons. The van der Waals surface area contributed by atoms with Gasteiger partial charge in [0.2, 0.25) is 0 Å². The highest BCUT2D eigenvalue weighted by atomic mass is 16.6. The molecule has 2 aromatic rings. The summed E-state index contributed by atoms with van der Waals surface area (Å²) in [5, 5.41) is 22.8. The highest BCUT2D eigenvalue weighted by Gasteiger charge is 2.34. The molecule has 0 aliphatic heterocycles. The van der Waals surface area contributed by atoms with Crippen molar-refractivity contribution in [3.63, 3.8) is 0 Å². The van der Waals surface area contributed by atoms with Crippen LogP contribution in [-0.4, -0.2) is 29.8 Å². The molecule has 0 bridgehead atoms. The standard InChI is InChI=1S/C26H28N2O7/c1-26(2,3)20-14-18(10-16-6-8-23(34-4)21(12-16)27(30)31)25(29)19(15-20)11-17-7-9-24(35-5)22(13-17)28(32)33/h6-13,20H,14-15H2,1-5H3/b18-10+,19-11+. The minimum atomic E-state index is -0.524. The van der Waals surface area contributed by atoms with Gasteiger partial charge < -0.3 is 9.47 Å². The van der Waals surface area contributed by atoms with Crippen LogP contribution in [0.1, 0.15) is 44.7 Å². The number of benzene rings is 2. The van der Waals surface area contributed by atoms with Crippen molar-refractivity contribution in [2.45, 2.75) is 33.6 Å². The van der Waals surface area contributed by atoms with Gasteiger partial charge in [-0.15, -0.1) is 0 Å². The summed E-state index contributed by atoms with van der Waals surface area (Å²) in [5.74, 6) is 0.226. The van der Waals surface area contributed by atoms with Crippen molar-refractivity contribution in [2.75, 3.05) is 14.2 Å². The molecular formula is C26H28N2O7. The topological polar surface area (TPSA) is 122 Å². The molecule has 0 spiro atoms. The van der Waals surface area contributed by atoms with Crippen molar-refractivity contribution < 1.29 is 24.1 Å². The lowest BCUT2D eigenvalue weighted by molar-refractivity contribution is -0.385. The Kier molecular flexibility index (Phi) is 7.38. The molecule has 2 aromatic carbocycles. The zero-order chi connectivity index (χ0) is 25.9. The second kappa shape index (κ2) is 10.1. The Labute approximate surface area is 203 Å². The largest absolute Gasteiger partial charge is 0.490 e. The van der Waals surface area contributed by atoms with Gasteiger partial charge >= 0.3 is 11.4 Å².